The molecule has 6 heteroatoms. The van der Waals surface area contributed by atoms with Crippen molar-refractivity contribution in [2.24, 2.45) is 0 Å². The van der Waals surface area contributed by atoms with Gasteiger partial charge in [0.2, 0.25) is 0 Å². The molecule has 0 saturated carbocycles. The summed E-state index contributed by atoms with van der Waals surface area (Å²) < 4.78 is 5.49. The van der Waals surface area contributed by atoms with E-state index in [2.05, 4.69) is 4.98 Å². The summed E-state index contributed by atoms with van der Waals surface area (Å²) in [6, 6.07) is 3.36. The summed E-state index contributed by atoms with van der Waals surface area (Å²) in [5.74, 6) is -0.129. The molecule has 2 aliphatic heterocycles. The number of nitrogens with zero attached hydrogens (tertiary/aromatic N) is 2. The van der Waals surface area contributed by atoms with Crippen molar-refractivity contribution in [3.8, 4) is 0 Å². The van der Waals surface area contributed by atoms with Crippen molar-refractivity contribution >= 4 is 17.7 Å². The van der Waals surface area contributed by atoms with Crippen LogP contribution in [0.3, 0.4) is 0 Å². The van der Waals surface area contributed by atoms with E-state index in [0.717, 1.165) is 18.4 Å². The molecule has 3 heterocycles. The number of aliphatic hydroxyl groups is 1. The van der Waals surface area contributed by atoms with Gasteiger partial charge in [0.15, 0.2) is 0 Å². The van der Waals surface area contributed by atoms with Crippen molar-refractivity contribution < 1.29 is 14.6 Å². The van der Waals surface area contributed by atoms with Gasteiger partial charge < -0.3 is 9.84 Å². The summed E-state index contributed by atoms with van der Waals surface area (Å²) >= 11 is 5.83. The van der Waals surface area contributed by atoms with Crippen LogP contribution in [0.15, 0.2) is 18.3 Å². The van der Waals surface area contributed by atoms with Crippen molar-refractivity contribution in [2.75, 3.05) is 0 Å². The van der Waals surface area contributed by atoms with Gasteiger partial charge in [0.25, 0.3) is 0 Å². The topological polar surface area (TPSA) is 62.7 Å². The molecule has 1 aromatic heterocycles. The number of hydrogen-bond donors (Lipinski definition) is 1. The molecule has 120 valence electrons. The lowest BCUT2D eigenvalue weighted by molar-refractivity contribution is 0.0170. The highest BCUT2D eigenvalue weighted by molar-refractivity contribution is 6.29. The van der Waals surface area contributed by atoms with Crippen LogP contribution < -0.4 is 0 Å². The Morgan fingerprint density at radius 1 is 1.36 bits per heavy atom. The average Bonchev–Trinajstić information content (AvgIpc) is 2.94. The first-order chi connectivity index (χ1) is 10.3. The minimum absolute atomic E-state index is 0.0437. The number of aromatic nitrogens is 1. The molecular weight excluding hydrogens is 304 g/mol. The van der Waals surface area contributed by atoms with Crippen LogP contribution in [0, 0.1) is 0 Å². The van der Waals surface area contributed by atoms with Crippen molar-refractivity contribution in [3.05, 3.63) is 29.0 Å². The largest absolute Gasteiger partial charge is 0.444 e. The number of hydrogen-bond acceptors (Lipinski definition) is 4. The lowest BCUT2D eigenvalue weighted by Crippen LogP contribution is -2.41. The van der Waals surface area contributed by atoms with Crippen LogP contribution in [-0.2, 0) is 4.74 Å². The number of halogens is 1. The van der Waals surface area contributed by atoms with Gasteiger partial charge in [-0.1, -0.05) is 17.7 Å². The van der Waals surface area contributed by atoms with Crippen LogP contribution in [0.1, 0.15) is 45.1 Å². The first kappa shape index (κ1) is 15.6. The van der Waals surface area contributed by atoms with Crippen molar-refractivity contribution in [3.63, 3.8) is 0 Å². The Kier molecular flexibility index (Phi) is 3.81. The predicted molar refractivity (Wildman–Crippen MR) is 82.9 cm³/mol. The Morgan fingerprint density at radius 2 is 2.05 bits per heavy atom. The molecule has 2 bridgehead atoms. The van der Waals surface area contributed by atoms with Crippen LogP contribution in [0.4, 0.5) is 4.79 Å². The average molecular weight is 325 g/mol. The van der Waals surface area contributed by atoms with Crippen molar-refractivity contribution in [2.45, 2.75) is 63.3 Å². The fraction of sp³-hybridized carbons (Fsp3) is 0.625. The smallest absolute Gasteiger partial charge is 0.410 e. The number of ether oxygens (including phenoxy) is 1. The standard InChI is InChI=1S/C16H21ClN2O3/c1-16(2,3)22-15(21)19-10-5-6-11(19)14(20)13(10)9-4-7-12(17)18-8-9/h4,7-8,10-11,13-14,20H,5-6H2,1-3H3. The molecular formula is C16H21ClN2O3. The van der Waals surface area contributed by atoms with Crippen LogP contribution >= 0.6 is 11.6 Å². The van der Waals surface area contributed by atoms with E-state index in [1.807, 2.05) is 26.8 Å². The quantitative estimate of drug-likeness (QED) is 0.807. The monoisotopic (exact) mass is 324 g/mol. The Morgan fingerprint density at radius 3 is 2.64 bits per heavy atom. The zero-order valence-electron chi connectivity index (χ0n) is 13.0. The highest BCUT2D eigenvalue weighted by atomic mass is 35.5. The van der Waals surface area contributed by atoms with Gasteiger partial charge in [-0.2, -0.15) is 0 Å². The SMILES string of the molecule is CC(C)(C)OC(=O)N1C2CCC1C(c1ccc(Cl)nc1)C2O. The number of carbonyl (C=O) groups excluding carboxylic acids is 1. The number of pyridine rings is 1. The molecule has 2 saturated heterocycles. The molecule has 1 amide bonds. The summed E-state index contributed by atoms with van der Waals surface area (Å²) in [5.41, 5.74) is 0.374. The maximum atomic E-state index is 12.5. The normalized spacial score (nSPS) is 30.7. The van der Waals surface area contributed by atoms with E-state index < -0.39 is 11.7 Å². The summed E-state index contributed by atoms with van der Waals surface area (Å²) in [6.07, 6.45) is 2.43. The van der Waals surface area contributed by atoms with Gasteiger partial charge in [-0.15, -0.1) is 0 Å². The van der Waals surface area contributed by atoms with Gasteiger partial charge in [-0.3, -0.25) is 4.90 Å². The van der Waals surface area contributed by atoms with E-state index in [-0.39, 0.29) is 24.1 Å². The highest BCUT2D eigenvalue weighted by Gasteiger charge is 2.56. The highest BCUT2D eigenvalue weighted by Crippen LogP contribution is 2.47. The summed E-state index contributed by atoms with van der Waals surface area (Å²) in [7, 11) is 0. The molecule has 1 aromatic rings. The summed E-state index contributed by atoms with van der Waals surface area (Å²) in [4.78, 5) is 18.3. The van der Waals surface area contributed by atoms with E-state index in [1.54, 1.807) is 17.2 Å². The van der Waals surface area contributed by atoms with E-state index >= 15 is 0 Å². The van der Waals surface area contributed by atoms with Gasteiger partial charge in [0.1, 0.15) is 10.8 Å². The molecule has 0 spiro atoms. The van der Waals surface area contributed by atoms with E-state index in [0.29, 0.717) is 5.15 Å². The third-order valence-electron chi connectivity index (χ3n) is 4.39. The Bertz CT molecular complexity index is 570. The molecule has 0 aromatic carbocycles. The Labute approximate surface area is 135 Å². The first-order valence-electron chi connectivity index (χ1n) is 7.59. The van der Waals surface area contributed by atoms with Gasteiger partial charge in [-0.05, 0) is 45.2 Å². The molecule has 4 atom stereocenters. The van der Waals surface area contributed by atoms with Gasteiger partial charge in [-0.25, -0.2) is 9.78 Å². The Hall–Kier alpha value is -1.33. The van der Waals surface area contributed by atoms with Crippen LogP contribution in [-0.4, -0.2) is 44.9 Å². The van der Waals surface area contributed by atoms with Crippen LogP contribution in [0.2, 0.25) is 5.15 Å². The Balaban J connectivity index is 1.84. The van der Waals surface area contributed by atoms with Crippen molar-refractivity contribution in [1.82, 2.24) is 9.88 Å². The fourth-order valence-corrected chi connectivity index (χ4v) is 3.72. The number of rotatable bonds is 1. The second kappa shape index (κ2) is 5.39. The molecule has 0 aliphatic carbocycles. The van der Waals surface area contributed by atoms with Crippen LogP contribution in [0.25, 0.3) is 0 Å². The lowest BCUT2D eigenvalue weighted by atomic mass is 9.82. The van der Waals surface area contributed by atoms with Gasteiger partial charge in [0.05, 0.1) is 12.1 Å². The molecule has 4 unspecified atom stereocenters. The first-order valence-corrected chi connectivity index (χ1v) is 7.96. The van der Waals surface area contributed by atoms with Crippen molar-refractivity contribution in [1.29, 1.82) is 0 Å². The molecule has 5 nitrogen and oxygen atoms in total. The predicted octanol–water partition coefficient (Wildman–Crippen LogP) is 2.96. The second-order valence-corrected chi connectivity index (χ2v) is 7.42. The van der Waals surface area contributed by atoms with E-state index in [4.69, 9.17) is 16.3 Å². The number of fused-ring (bicyclic) bond motifs is 2. The lowest BCUT2D eigenvalue weighted by Gasteiger charge is -2.28. The zero-order chi connectivity index (χ0) is 16.1. The van der Waals surface area contributed by atoms with Gasteiger partial charge >= 0.3 is 6.09 Å². The number of amides is 1. The van der Waals surface area contributed by atoms with E-state index in [9.17, 15) is 9.90 Å². The number of carbonyl (C=O) groups is 1. The molecule has 0 radical (unpaired) electrons. The third-order valence-corrected chi connectivity index (χ3v) is 4.61. The summed E-state index contributed by atoms with van der Waals surface area (Å²) in [5, 5.41) is 11.0. The minimum Gasteiger partial charge on any atom is -0.444 e. The molecule has 1 N–H and O–H groups in total. The molecule has 3 rings (SSSR count). The third kappa shape index (κ3) is 2.68. The van der Waals surface area contributed by atoms with E-state index in [1.165, 1.54) is 0 Å². The minimum atomic E-state index is -0.589. The summed E-state index contributed by atoms with van der Waals surface area (Å²) in [6.45, 7) is 5.54. The maximum absolute atomic E-state index is 12.5. The molecule has 2 aliphatic rings. The second-order valence-electron chi connectivity index (χ2n) is 7.03. The zero-order valence-corrected chi connectivity index (χ0v) is 13.7. The van der Waals surface area contributed by atoms with Crippen LogP contribution in [0.5, 0.6) is 0 Å². The number of aliphatic hydroxyl groups excluding tert-OH is 1. The molecule has 2 fully saturated rings. The maximum Gasteiger partial charge on any atom is 0.410 e. The fourth-order valence-electron chi connectivity index (χ4n) is 3.61. The van der Waals surface area contributed by atoms with Gasteiger partial charge in [0, 0.05) is 18.2 Å². The molecule has 22 heavy (non-hydrogen) atoms.